The molecule has 1 aromatic carbocycles. The molecule has 0 aliphatic rings. The summed E-state index contributed by atoms with van der Waals surface area (Å²) in [4.78, 5) is 0. The molecule has 0 fully saturated rings. The SMILES string of the molecule is C=CCOP(=O)(OCC=C)OCc1cccc(C#N)c1. The first-order chi connectivity index (χ1) is 9.63. The van der Waals surface area contributed by atoms with Crippen LogP contribution in [-0.4, -0.2) is 13.2 Å². The zero-order chi connectivity index (χ0) is 14.8. The number of nitriles is 1. The predicted octanol–water partition coefficient (Wildman–Crippen LogP) is 3.59. The van der Waals surface area contributed by atoms with Crippen molar-refractivity contribution in [1.82, 2.24) is 0 Å². The van der Waals surface area contributed by atoms with E-state index in [4.69, 9.17) is 18.8 Å². The van der Waals surface area contributed by atoms with Gasteiger partial charge in [-0.15, -0.1) is 13.2 Å². The molecule has 0 saturated heterocycles. The molecule has 0 saturated carbocycles. The fourth-order valence-electron chi connectivity index (χ4n) is 1.28. The third-order valence-electron chi connectivity index (χ3n) is 2.15. The van der Waals surface area contributed by atoms with E-state index in [1.54, 1.807) is 24.3 Å². The summed E-state index contributed by atoms with van der Waals surface area (Å²) in [6.07, 6.45) is 2.90. The average molecular weight is 293 g/mol. The Morgan fingerprint density at radius 1 is 1.20 bits per heavy atom. The van der Waals surface area contributed by atoms with Gasteiger partial charge in [0, 0.05) is 0 Å². The number of hydrogen-bond donors (Lipinski definition) is 0. The zero-order valence-corrected chi connectivity index (χ0v) is 11.9. The Bertz CT molecular complexity index is 534. The summed E-state index contributed by atoms with van der Waals surface area (Å²) in [6, 6.07) is 8.81. The van der Waals surface area contributed by atoms with Crippen molar-refractivity contribution < 1.29 is 18.1 Å². The minimum absolute atomic E-state index is 0.0150. The van der Waals surface area contributed by atoms with Crippen molar-refractivity contribution in [3.8, 4) is 6.07 Å². The summed E-state index contributed by atoms with van der Waals surface area (Å²) in [5.74, 6) is 0. The molecule has 106 valence electrons. The highest BCUT2D eigenvalue weighted by Gasteiger charge is 2.25. The van der Waals surface area contributed by atoms with Crippen LogP contribution in [0.3, 0.4) is 0 Å². The van der Waals surface area contributed by atoms with Crippen LogP contribution in [0, 0.1) is 11.3 Å². The molecule has 0 radical (unpaired) electrons. The van der Waals surface area contributed by atoms with E-state index < -0.39 is 7.82 Å². The fourth-order valence-corrected chi connectivity index (χ4v) is 2.39. The molecule has 0 amide bonds. The molecule has 0 unspecified atom stereocenters. The summed E-state index contributed by atoms with van der Waals surface area (Å²) in [7, 11) is -3.67. The van der Waals surface area contributed by atoms with E-state index in [-0.39, 0.29) is 19.8 Å². The lowest BCUT2D eigenvalue weighted by atomic mass is 10.1. The van der Waals surface area contributed by atoms with Crippen LogP contribution in [0.1, 0.15) is 11.1 Å². The number of hydrogen-bond acceptors (Lipinski definition) is 5. The lowest BCUT2D eigenvalue weighted by Gasteiger charge is -2.16. The highest BCUT2D eigenvalue weighted by atomic mass is 31.2. The number of phosphoric acid groups is 1. The van der Waals surface area contributed by atoms with Crippen molar-refractivity contribution in [3.05, 3.63) is 60.7 Å². The van der Waals surface area contributed by atoms with Gasteiger partial charge in [-0.3, -0.25) is 13.6 Å². The molecule has 0 heterocycles. The maximum absolute atomic E-state index is 12.2. The minimum Gasteiger partial charge on any atom is -0.283 e. The topological polar surface area (TPSA) is 68.6 Å². The first-order valence-electron chi connectivity index (χ1n) is 5.88. The van der Waals surface area contributed by atoms with E-state index >= 15 is 0 Å². The van der Waals surface area contributed by atoms with Gasteiger partial charge in [0.25, 0.3) is 0 Å². The van der Waals surface area contributed by atoms with Crippen molar-refractivity contribution in [2.75, 3.05) is 13.2 Å². The Morgan fingerprint density at radius 3 is 2.40 bits per heavy atom. The minimum atomic E-state index is -3.67. The molecule has 1 rings (SSSR count). The monoisotopic (exact) mass is 293 g/mol. The van der Waals surface area contributed by atoms with E-state index in [9.17, 15) is 4.57 Å². The summed E-state index contributed by atoms with van der Waals surface area (Å²) in [5, 5.41) is 8.81. The summed E-state index contributed by atoms with van der Waals surface area (Å²) in [5.41, 5.74) is 1.20. The van der Waals surface area contributed by atoms with Gasteiger partial charge in [-0.25, -0.2) is 4.57 Å². The van der Waals surface area contributed by atoms with Gasteiger partial charge in [-0.2, -0.15) is 5.26 Å². The molecule has 5 nitrogen and oxygen atoms in total. The van der Waals surface area contributed by atoms with Crippen LogP contribution in [0.15, 0.2) is 49.6 Å². The number of benzene rings is 1. The Morgan fingerprint density at radius 2 is 1.85 bits per heavy atom. The normalized spacial score (nSPS) is 10.8. The summed E-state index contributed by atoms with van der Waals surface area (Å²) in [6.45, 7) is 7.05. The quantitative estimate of drug-likeness (QED) is 0.514. The van der Waals surface area contributed by atoms with Gasteiger partial charge in [0.1, 0.15) is 0 Å². The molecule has 0 aromatic heterocycles. The first-order valence-corrected chi connectivity index (χ1v) is 7.34. The van der Waals surface area contributed by atoms with Crippen LogP contribution in [0.25, 0.3) is 0 Å². The summed E-state index contributed by atoms with van der Waals surface area (Å²) >= 11 is 0. The van der Waals surface area contributed by atoms with Gasteiger partial charge in [0.15, 0.2) is 0 Å². The lowest BCUT2D eigenvalue weighted by Crippen LogP contribution is -2.01. The molecule has 0 atom stereocenters. The molecule has 1 aromatic rings. The van der Waals surface area contributed by atoms with Crippen molar-refractivity contribution in [2.24, 2.45) is 0 Å². The van der Waals surface area contributed by atoms with Gasteiger partial charge in [0.2, 0.25) is 0 Å². The first kappa shape index (κ1) is 16.4. The summed E-state index contributed by atoms with van der Waals surface area (Å²) < 4.78 is 27.5. The van der Waals surface area contributed by atoms with Crippen LogP contribution < -0.4 is 0 Å². The van der Waals surface area contributed by atoms with E-state index in [0.29, 0.717) is 11.1 Å². The molecule has 0 N–H and O–H groups in total. The predicted molar refractivity (Wildman–Crippen MR) is 75.9 cm³/mol. The van der Waals surface area contributed by atoms with Crippen LogP contribution in [0.4, 0.5) is 0 Å². The standard InChI is InChI=1S/C14H16NO4P/c1-3-8-17-20(16,18-9-4-2)19-12-14-7-5-6-13(10-14)11-15/h3-7,10H,1-2,8-9,12H2. The van der Waals surface area contributed by atoms with Crippen molar-refractivity contribution in [1.29, 1.82) is 5.26 Å². The number of phosphoric ester groups is 1. The molecule has 0 spiro atoms. The second-order valence-electron chi connectivity index (χ2n) is 3.70. The molecular weight excluding hydrogens is 277 g/mol. The van der Waals surface area contributed by atoms with Crippen molar-refractivity contribution in [2.45, 2.75) is 6.61 Å². The highest BCUT2D eigenvalue weighted by molar-refractivity contribution is 7.48. The smallest absolute Gasteiger partial charge is 0.283 e. The van der Waals surface area contributed by atoms with Gasteiger partial charge in [-0.05, 0) is 17.7 Å². The van der Waals surface area contributed by atoms with Crippen LogP contribution in [0.5, 0.6) is 0 Å². The molecule has 0 aliphatic carbocycles. The second-order valence-corrected chi connectivity index (χ2v) is 5.37. The number of rotatable bonds is 9. The highest BCUT2D eigenvalue weighted by Crippen LogP contribution is 2.50. The van der Waals surface area contributed by atoms with E-state index in [2.05, 4.69) is 13.2 Å². The second kappa shape index (κ2) is 8.47. The third-order valence-corrected chi connectivity index (χ3v) is 3.52. The zero-order valence-electron chi connectivity index (χ0n) is 11.0. The van der Waals surface area contributed by atoms with E-state index in [1.807, 2.05) is 6.07 Å². The average Bonchev–Trinajstić information content (AvgIpc) is 2.49. The molecule has 0 bridgehead atoms. The van der Waals surface area contributed by atoms with Gasteiger partial charge >= 0.3 is 7.82 Å². The van der Waals surface area contributed by atoms with Crippen molar-refractivity contribution in [3.63, 3.8) is 0 Å². The molecule has 20 heavy (non-hydrogen) atoms. The maximum atomic E-state index is 12.2. The Balaban J connectivity index is 2.69. The van der Waals surface area contributed by atoms with Crippen LogP contribution in [-0.2, 0) is 24.7 Å². The third kappa shape index (κ3) is 5.52. The fraction of sp³-hybridized carbons (Fsp3) is 0.214. The van der Waals surface area contributed by atoms with Crippen LogP contribution >= 0.6 is 7.82 Å². The van der Waals surface area contributed by atoms with Gasteiger partial charge in [0.05, 0.1) is 31.5 Å². The maximum Gasteiger partial charge on any atom is 0.475 e. The molecule has 0 aliphatic heterocycles. The molecule has 6 heteroatoms. The van der Waals surface area contributed by atoms with Gasteiger partial charge in [-0.1, -0.05) is 24.3 Å². The number of nitrogens with zero attached hydrogens (tertiary/aromatic N) is 1. The Labute approximate surface area is 118 Å². The van der Waals surface area contributed by atoms with Crippen LogP contribution in [0.2, 0.25) is 0 Å². The van der Waals surface area contributed by atoms with Crippen molar-refractivity contribution >= 4 is 7.82 Å². The largest absolute Gasteiger partial charge is 0.475 e. The Hall–Kier alpha value is -1.70. The Kier molecular flexibility index (Phi) is 6.92. The van der Waals surface area contributed by atoms with Gasteiger partial charge < -0.3 is 0 Å². The van der Waals surface area contributed by atoms with E-state index in [0.717, 1.165) is 0 Å². The van der Waals surface area contributed by atoms with E-state index in [1.165, 1.54) is 12.2 Å². The lowest BCUT2D eigenvalue weighted by molar-refractivity contribution is 0.125. The molecular formula is C14H16NO4P.